The molecule has 1 saturated heterocycles. The second-order valence-corrected chi connectivity index (χ2v) is 15.1. The number of hydroxylamine groups is 2. The smallest absolute Gasteiger partial charge is 0.363 e. The Morgan fingerprint density at radius 1 is 0.980 bits per heavy atom. The standard InChI is InChI=1S/C31H27N3O13S2/c1-13-12-31(2,3)33-24-17(13)11-19-23(15-5-4-14(10-18(15)29(37)38)30(39)47-34-21(35)8-9-22(34)36)16-6-7-20(32)27(48(40,41)42)25(16)46-26(19)28(24)49(43,44)45/h4-7,10-11,13,32-33H,8-9,12H2,1-3H3,(H,37,38)(H,40,41,42)(H,43,44,45). The molecule has 2 aromatic rings. The van der Waals surface area contributed by atoms with Crippen LogP contribution in [-0.2, 0) is 34.7 Å². The van der Waals surface area contributed by atoms with Gasteiger partial charge in [-0.15, -0.1) is 5.06 Å². The summed E-state index contributed by atoms with van der Waals surface area (Å²) < 4.78 is 78.0. The average Bonchev–Trinajstić information content (AvgIpc) is 3.29. The number of fused-ring (bicyclic) bond motifs is 3. The van der Waals surface area contributed by atoms with E-state index in [1.165, 1.54) is 12.1 Å². The summed E-state index contributed by atoms with van der Waals surface area (Å²) in [6.45, 7) is 5.38. The molecule has 1 unspecified atom stereocenters. The molecule has 1 aliphatic carbocycles. The number of carboxylic acids is 1. The molecule has 6 rings (SSSR count). The highest BCUT2D eigenvalue weighted by atomic mass is 32.2. The largest absolute Gasteiger partial charge is 0.478 e. The zero-order valence-corrected chi connectivity index (χ0v) is 27.5. The normalized spacial score (nSPS) is 17.7. The third kappa shape index (κ3) is 5.71. The van der Waals surface area contributed by atoms with Crippen LogP contribution in [0, 0.1) is 5.41 Å². The predicted octanol–water partition coefficient (Wildman–Crippen LogP) is 3.79. The SMILES string of the molecule is CC1CC(C)(C)Nc2c1cc1c(-c3ccc(C(=O)ON4C(=O)CCC4=O)cc3C(=O)O)c3ccc(=N)c(S(=O)(=O)O)c-3oc1c2S(=O)(=O)O. The first-order valence-electron chi connectivity index (χ1n) is 14.5. The second kappa shape index (κ2) is 11.2. The summed E-state index contributed by atoms with van der Waals surface area (Å²) in [5, 5.41) is 21.1. The molecule has 49 heavy (non-hydrogen) atoms. The van der Waals surface area contributed by atoms with Gasteiger partial charge in [-0.05, 0) is 67.6 Å². The quantitative estimate of drug-likeness (QED) is 0.108. The van der Waals surface area contributed by atoms with Crippen LogP contribution < -0.4 is 10.7 Å². The Morgan fingerprint density at radius 2 is 1.59 bits per heavy atom. The van der Waals surface area contributed by atoms with Crippen molar-refractivity contribution in [1.82, 2.24) is 5.06 Å². The van der Waals surface area contributed by atoms with Gasteiger partial charge in [0.25, 0.3) is 32.1 Å². The molecule has 3 aliphatic heterocycles. The van der Waals surface area contributed by atoms with Crippen molar-refractivity contribution in [3.8, 4) is 22.5 Å². The zero-order chi connectivity index (χ0) is 36.0. The topological polar surface area (TPSA) is 259 Å². The van der Waals surface area contributed by atoms with Crippen LogP contribution in [0.2, 0.25) is 0 Å². The molecule has 0 spiro atoms. The van der Waals surface area contributed by atoms with Crippen molar-refractivity contribution in [2.45, 2.75) is 61.3 Å². The van der Waals surface area contributed by atoms with Crippen molar-refractivity contribution in [3.63, 3.8) is 0 Å². The summed E-state index contributed by atoms with van der Waals surface area (Å²) >= 11 is 0. The van der Waals surface area contributed by atoms with E-state index in [1.807, 2.05) is 0 Å². The Hall–Kier alpha value is -5.17. The van der Waals surface area contributed by atoms with Crippen molar-refractivity contribution >= 4 is 60.6 Å². The van der Waals surface area contributed by atoms with Crippen LogP contribution in [0.5, 0.6) is 0 Å². The molecule has 256 valence electrons. The number of hydrogen-bond acceptors (Lipinski definition) is 12. The molecule has 3 heterocycles. The van der Waals surface area contributed by atoms with Crippen LogP contribution in [0.15, 0.2) is 50.6 Å². The number of benzene rings is 3. The first-order chi connectivity index (χ1) is 22.7. The summed E-state index contributed by atoms with van der Waals surface area (Å²) in [5.74, 6) is -5.46. The fourth-order valence-corrected chi connectivity index (χ4v) is 8.03. The Morgan fingerprint density at radius 3 is 2.18 bits per heavy atom. The van der Waals surface area contributed by atoms with Gasteiger partial charge in [-0.1, -0.05) is 13.0 Å². The number of amides is 2. The number of carboxylic acid groups (broad SMARTS) is 1. The third-order valence-corrected chi connectivity index (χ3v) is 10.2. The zero-order valence-electron chi connectivity index (χ0n) is 25.9. The Kier molecular flexibility index (Phi) is 7.70. The number of carbonyl (C=O) groups is 4. The lowest BCUT2D eigenvalue weighted by molar-refractivity contribution is -0.172. The molecule has 1 fully saturated rings. The van der Waals surface area contributed by atoms with Crippen molar-refractivity contribution in [3.05, 3.63) is 58.4 Å². The first kappa shape index (κ1) is 33.7. The highest BCUT2D eigenvalue weighted by Gasteiger charge is 2.39. The Labute approximate surface area is 277 Å². The second-order valence-electron chi connectivity index (χ2n) is 12.4. The van der Waals surface area contributed by atoms with Crippen molar-refractivity contribution in [2.24, 2.45) is 0 Å². The number of imide groups is 1. The summed E-state index contributed by atoms with van der Waals surface area (Å²) in [5.41, 5.74) is -2.51. The van der Waals surface area contributed by atoms with Crippen LogP contribution in [-0.4, -0.2) is 65.4 Å². The number of aromatic carboxylic acids is 1. The molecule has 4 aliphatic rings. The van der Waals surface area contributed by atoms with E-state index in [0.717, 1.165) is 24.3 Å². The van der Waals surface area contributed by atoms with Crippen molar-refractivity contribution in [1.29, 1.82) is 5.41 Å². The minimum atomic E-state index is -5.23. The van der Waals surface area contributed by atoms with E-state index >= 15 is 0 Å². The van der Waals surface area contributed by atoms with E-state index in [4.69, 9.17) is 14.7 Å². The molecule has 18 heteroatoms. The van der Waals surface area contributed by atoms with E-state index in [9.17, 15) is 50.2 Å². The summed E-state index contributed by atoms with van der Waals surface area (Å²) in [6.07, 6.45) is 0.124. The Balaban J connectivity index is 1.74. The summed E-state index contributed by atoms with van der Waals surface area (Å²) in [7, 11) is -10.4. The molecule has 5 N–H and O–H groups in total. The maximum Gasteiger partial charge on any atom is 0.363 e. The number of nitrogens with zero attached hydrogens (tertiary/aromatic N) is 1. The summed E-state index contributed by atoms with van der Waals surface area (Å²) in [6, 6.07) is 6.84. The molecule has 2 amide bonds. The lowest BCUT2D eigenvalue weighted by atomic mass is 9.80. The van der Waals surface area contributed by atoms with Crippen LogP contribution in [0.25, 0.3) is 33.4 Å². The number of nitrogens with one attached hydrogen (secondary N) is 2. The van der Waals surface area contributed by atoms with Gasteiger partial charge in [-0.2, -0.15) is 16.8 Å². The summed E-state index contributed by atoms with van der Waals surface area (Å²) in [4.78, 5) is 52.7. The average molecular weight is 714 g/mol. The van der Waals surface area contributed by atoms with Crippen LogP contribution in [0.1, 0.15) is 72.2 Å². The van der Waals surface area contributed by atoms with E-state index < -0.39 is 87.1 Å². The van der Waals surface area contributed by atoms with Gasteiger partial charge in [0.1, 0.15) is 0 Å². The maximum absolute atomic E-state index is 13.1. The van der Waals surface area contributed by atoms with Gasteiger partial charge in [0.2, 0.25) is 0 Å². The van der Waals surface area contributed by atoms with Gasteiger partial charge in [0.05, 0.1) is 22.2 Å². The van der Waals surface area contributed by atoms with Gasteiger partial charge in [0.15, 0.2) is 21.1 Å². The molecule has 0 bridgehead atoms. The fourth-order valence-electron chi connectivity index (χ4n) is 6.49. The molecular weight excluding hydrogens is 686 g/mol. The minimum Gasteiger partial charge on any atom is -0.478 e. The molecular formula is C31H27N3O13S2. The van der Waals surface area contributed by atoms with Gasteiger partial charge >= 0.3 is 11.9 Å². The lowest BCUT2D eigenvalue weighted by Gasteiger charge is -2.38. The molecule has 0 radical (unpaired) electrons. The fraction of sp³-hybridized carbons (Fsp3) is 0.258. The minimum absolute atomic E-state index is 0.0502. The van der Waals surface area contributed by atoms with E-state index in [0.29, 0.717) is 12.0 Å². The highest BCUT2D eigenvalue weighted by molar-refractivity contribution is 7.86. The molecule has 0 saturated carbocycles. The Bertz CT molecular complexity index is 2420. The number of rotatable bonds is 6. The first-order valence-corrected chi connectivity index (χ1v) is 17.4. The van der Waals surface area contributed by atoms with Crippen LogP contribution in [0.4, 0.5) is 5.69 Å². The molecule has 16 nitrogen and oxygen atoms in total. The predicted molar refractivity (Wildman–Crippen MR) is 168 cm³/mol. The van der Waals surface area contributed by atoms with Crippen molar-refractivity contribution < 1.29 is 59.5 Å². The molecule has 1 atom stereocenters. The number of carbonyl (C=O) groups excluding carboxylic acids is 3. The van der Waals surface area contributed by atoms with Gasteiger partial charge in [-0.3, -0.25) is 24.1 Å². The van der Waals surface area contributed by atoms with Gasteiger partial charge in [0, 0.05) is 34.9 Å². The number of hydrogen-bond donors (Lipinski definition) is 5. The number of anilines is 1. The van der Waals surface area contributed by atoms with E-state index in [-0.39, 0.29) is 51.6 Å². The van der Waals surface area contributed by atoms with E-state index in [1.54, 1.807) is 20.8 Å². The van der Waals surface area contributed by atoms with Crippen molar-refractivity contribution in [2.75, 3.05) is 5.32 Å². The third-order valence-electron chi connectivity index (χ3n) is 8.38. The molecule has 2 aromatic carbocycles. The van der Waals surface area contributed by atoms with Crippen LogP contribution >= 0.6 is 0 Å². The van der Waals surface area contributed by atoms with Gasteiger partial charge in [-0.25, -0.2) is 9.59 Å². The lowest BCUT2D eigenvalue weighted by Crippen LogP contribution is -2.37. The van der Waals surface area contributed by atoms with Crippen LogP contribution in [0.3, 0.4) is 0 Å². The monoisotopic (exact) mass is 713 g/mol. The van der Waals surface area contributed by atoms with Gasteiger partial charge < -0.3 is 19.7 Å². The van der Waals surface area contributed by atoms with E-state index in [2.05, 4.69) is 5.32 Å². The molecule has 0 aromatic heterocycles. The maximum atomic E-state index is 13.1. The highest BCUT2D eigenvalue weighted by Crippen LogP contribution is 2.50.